The van der Waals surface area contributed by atoms with Crippen LogP contribution in [0.5, 0.6) is 0 Å². The minimum Gasteiger partial charge on any atom is -0.477 e. The van der Waals surface area contributed by atoms with E-state index in [9.17, 15) is 13.6 Å². The summed E-state index contributed by atoms with van der Waals surface area (Å²) >= 11 is 2.19. The molecule has 0 atom stereocenters. The van der Waals surface area contributed by atoms with Crippen molar-refractivity contribution in [1.29, 1.82) is 0 Å². The van der Waals surface area contributed by atoms with Crippen LogP contribution in [0.1, 0.15) is 21.7 Å². The fourth-order valence-corrected chi connectivity index (χ4v) is 3.08. The Morgan fingerprint density at radius 1 is 1.31 bits per heavy atom. The first-order chi connectivity index (χ1) is 7.59. The van der Waals surface area contributed by atoms with Crippen LogP contribution in [-0.4, -0.2) is 11.1 Å². The number of carboxylic acid groups (broad SMARTS) is 1. The molecule has 2 rings (SSSR count). The van der Waals surface area contributed by atoms with E-state index in [2.05, 4.69) is 0 Å². The van der Waals surface area contributed by atoms with Gasteiger partial charge in [0.1, 0.15) is 4.88 Å². The molecule has 0 spiro atoms. The lowest BCUT2D eigenvalue weighted by atomic mass is 10.2. The van der Waals surface area contributed by atoms with E-state index in [4.69, 9.17) is 5.11 Å². The lowest BCUT2D eigenvalue weighted by Gasteiger charge is -1.99. The van der Waals surface area contributed by atoms with Crippen LogP contribution in [-0.2, 0) is 0 Å². The average Bonchev–Trinajstić information content (AvgIpc) is 2.86. The number of halogens is 2. The molecule has 0 unspecified atom stereocenters. The van der Waals surface area contributed by atoms with Crippen molar-refractivity contribution >= 4 is 28.6 Å². The molecule has 1 N–H and O–H groups in total. The Hall–Kier alpha value is -1.27. The molecule has 0 saturated carbocycles. The van der Waals surface area contributed by atoms with Gasteiger partial charge in [-0.25, -0.2) is 13.6 Å². The number of carbonyl (C=O) groups is 1. The van der Waals surface area contributed by atoms with E-state index in [0.29, 0.717) is 10.4 Å². The zero-order valence-electron chi connectivity index (χ0n) is 7.81. The molecule has 0 aliphatic rings. The standard InChI is InChI=1S/C10H6F2O2S2/c11-9(12)6-4-15-3-5(6)7-1-2-8(16-7)10(13)14/h1-4,9H,(H,13,14). The number of thiophene rings is 2. The summed E-state index contributed by atoms with van der Waals surface area (Å²) in [6, 6.07) is 2.98. The van der Waals surface area contributed by atoms with Crippen molar-refractivity contribution in [2.75, 3.05) is 0 Å². The first kappa shape index (κ1) is 11.2. The minimum atomic E-state index is -2.53. The summed E-state index contributed by atoms with van der Waals surface area (Å²) in [7, 11) is 0. The van der Waals surface area contributed by atoms with Gasteiger partial charge in [0.25, 0.3) is 6.43 Å². The second-order valence-corrected chi connectivity index (χ2v) is 4.84. The van der Waals surface area contributed by atoms with Gasteiger partial charge in [0.15, 0.2) is 0 Å². The molecule has 0 amide bonds. The zero-order valence-corrected chi connectivity index (χ0v) is 9.45. The maximum atomic E-state index is 12.6. The van der Waals surface area contributed by atoms with Crippen molar-refractivity contribution in [3.8, 4) is 10.4 Å². The highest BCUT2D eigenvalue weighted by atomic mass is 32.1. The average molecular weight is 260 g/mol. The van der Waals surface area contributed by atoms with E-state index in [1.54, 1.807) is 11.4 Å². The summed E-state index contributed by atoms with van der Waals surface area (Å²) in [4.78, 5) is 11.4. The monoisotopic (exact) mass is 260 g/mol. The molecule has 6 heteroatoms. The maximum absolute atomic E-state index is 12.6. The van der Waals surface area contributed by atoms with Gasteiger partial charge in [-0.3, -0.25) is 0 Å². The van der Waals surface area contributed by atoms with Gasteiger partial charge < -0.3 is 5.11 Å². The predicted octanol–water partition coefficient (Wildman–Crippen LogP) is 4.11. The molecule has 0 bridgehead atoms. The molecular formula is C10H6F2O2S2. The fraction of sp³-hybridized carbons (Fsp3) is 0.100. The third kappa shape index (κ3) is 1.98. The summed E-state index contributed by atoms with van der Waals surface area (Å²) in [5.41, 5.74) is 0.390. The summed E-state index contributed by atoms with van der Waals surface area (Å²) < 4.78 is 25.2. The highest BCUT2D eigenvalue weighted by Crippen LogP contribution is 2.37. The SMILES string of the molecule is O=C(O)c1ccc(-c2cscc2C(F)F)s1. The van der Waals surface area contributed by atoms with Gasteiger partial charge in [-0.15, -0.1) is 11.3 Å². The van der Waals surface area contributed by atoms with Crippen molar-refractivity contribution in [1.82, 2.24) is 0 Å². The zero-order chi connectivity index (χ0) is 11.7. The first-order valence-electron chi connectivity index (χ1n) is 4.27. The van der Waals surface area contributed by atoms with E-state index >= 15 is 0 Å². The normalized spacial score (nSPS) is 10.9. The largest absolute Gasteiger partial charge is 0.477 e. The molecule has 0 aliphatic heterocycles. The van der Waals surface area contributed by atoms with Gasteiger partial charge in [0.2, 0.25) is 0 Å². The van der Waals surface area contributed by atoms with E-state index in [0.717, 1.165) is 11.3 Å². The summed E-state index contributed by atoms with van der Waals surface area (Å²) in [6.07, 6.45) is -2.53. The molecule has 2 aromatic rings. The number of hydrogen-bond donors (Lipinski definition) is 1. The van der Waals surface area contributed by atoms with Crippen molar-refractivity contribution < 1.29 is 18.7 Å². The van der Waals surface area contributed by atoms with Crippen LogP contribution in [0.15, 0.2) is 22.9 Å². The van der Waals surface area contributed by atoms with Crippen molar-refractivity contribution in [3.05, 3.63) is 33.3 Å². The quantitative estimate of drug-likeness (QED) is 0.901. The van der Waals surface area contributed by atoms with Gasteiger partial charge >= 0.3 is 5.97 Å². The second kappa shape index (κ2) is 4.31. The van der Waals surface area contributed by atoms with Gasteiger partial charge in [-0.2, -0.15) is 11.3 Å². The molecule has 0 radical (unpaired) electrons. The van der Waals surface area contributed by atoms with Crippen molar-refractivity contribution in [2.45, 2.75) is 6.43 Å². The molecule has 2 heterocycles. The molecule has 2 aromatic heterocycles. The molecule has 2 nitrogen and oxygen atoms in total. The van der Waals surface area contributed by atoms with Crippen LogP contribution in [0.3, 0.4) is 0 Å². The summed E-state index contributed by atoms with van der Waals surface area (Å²) in [5.74, 6) is -1.04. The molecule has 0 fully saturated rings. The number of carboxylic acids is 1. The first-order valence-corrected chi connectivity index (χ1v) is 6.03. The number of aromatic carboxylic acids is 1. The van der Waals surface area contributed by atoms with Crippen LogP contribution in [0.4, 0.5) is 8.78 Å². The number of alkyl halides is 2. The van der Waals surface area contributed by atoms with E-state index in [-0.39, 0.29) is 10.4 Å². The van der Waals surface area contributed by atoms with Crippen molar-refractivity contribution in [3.63, 3.8) is 0 Å². The molecule has 16 heavy (non-hydrogen) atoms. The van der Waals surface area contributed by atoms with Gasteiger partial charge in [0.05, 0.1) is 0 Å². The van der Waals surface area contributed by atoms with Crippen LogP contribution < -0.4 is 0 Å². The molecule has 0 aliphatic carbocycles. The molecule has 0 saturated heterocycles. The van der Waals surface area contributed by atoms with Crippen molar-refractivity contribution in [2.24, 2.45) is 0 Å². The second-order valence-electron chi connectivity index (χ2n) is 3.01. The number of rotatable bonds is 3. The van der Waals surface area contributed by atoms with E-state index in [1.165, 1.54) is 22.8 Å². The Balaban J connectivity index is 2.42. The Morgan fingerprint density at radius 3 is 2.62 bits per heavy atom. The predicted molar refractivity (Wildman–Crippen MR) is 59.5 cm³/mol. The topological polar surface area (TPSA) is 37.3 Å². The lowest BCUT2D eigenvalue weighted by molar-refractivity contribution is 0.0702. The van der Waals surface area contributed by atoms with E-state index < -0.39 is 12.4 Å². The highest BCUT2D eigenvalue weighted by Gasteiger charge is 2.17. The Labute approximate surface area is 97.8 Å². The van der Waals surface area contributed by atoms with Crippen LogP contribution in [0.25, 0.3) is 10.4 Å². The smallest absolute Gasteiger partial charge is 0.345 e. The summed E-state index contributed by atoms with van der Waals surface area (Å²) in [5, 5.41) is 11.7. The van der Waals surface area contributed by atoms with Gasteiger partial charge in [-0.1, -0.05) is 0 Å². The lowest BCUT2D eigenvalue weighted by Crippen LogP contribution is -1.89. The Morgan fingerprint density at radius 2 is 2.06 bits per heavy atom. The van der Waals surface area contributed by atoms with Crippen LogP contribution in [0, 0.1) is 0 Å². The third-order valence-corrected chi connectivity index (χ3v) is 3.88. The van der Waals surface area contributed by atoms with Crippen LogP contribution in [0.2, 0.25) is 0 Å². The molecular weight excluding hydrogens is 254 g/mol. The fourth-order valence-electron chi connectivity index (χ4n) is 1.27. The Kier molecular flexibility index (Phi) is 3.02. The van der Waals surface area contributed by atoms with Gasteiger partial charge in [0, 0.05) is 21.4 Å². The maximum Gasteiger partial charge on any atom is 0.345 e. The molecule has 84 valence electrons. The van der Waals surface area contributed by atoms with Crippen LogP contribution >= 0.6 is 22.7 Å². The Bertz CT molecular complexity index is 516. The van der Waals surface area contributed by atoms with Gasteiger partial charge in [-0.05, 0) is 17.5 Å². The minimum absolute atomic E-state index is 0.0382. The molecule has 0 aromatic carbocycles. The third-order valence-electron chi connectivity index (χ3n) is 2.01. The summed E-state index contributed by atoms with van der Waals surface area (Å²) in [6.45, 7) is 0. The highest BCUT2D eigenvalue weighted by molar-refractivity contribution is 7.17. The van der Waals surface area contributed by atoms with E-state index in [1.807, 2.05) is 0 Å². The number of hydrogen-bond acceptors (Lipinski definition) is 3.